The van der Waals surface area contributed by atoms with Crippen molar-refractivity contribution in [2.75, 3.05) is 0 Å². The Labute approximate surface area is 96.4 Å². The first-order valence-corrected chi connectivity index (χ1v) is 5.83. The summed E-state index contributed by atoms with van der Waals surface area (Å²) in [4.78, 5) is 4.43. The molecule has 2 aromatic heterocycles. The van der Waals surface area contributed by atoms with Gasteiger partial charge < -0.3 is 5.73 Å². The summed E-state index contributed by atoms with van der Waals surface area (Å²) in [6.45, 7) is 1.99. The third kappa shape index (κ3) is 1.32. The number of aryl methyl sites for hydroxylation is 1. The highest BCUT2D eigenvalue weighted by atomic mass is 79.9. The molecule has 0 bridgehead atoms. The fraction of sp³-hybridized carbons (Fsp3) is 0.364. The molecule has 0 spiro atoms. The molecule has 0 aromatic carbocycles. The van der Waals surface area contributed by atoms with Crippen molar-refractivity contribution in [1.29, 1.82) is 0 Å². The second-order valence-corrected chi connectivity index (χ2v) is 5.04. The summed E-state index contributed by atoms with van der Waals surface area (Å²) >= 11 is 3.53. The summed E-state index contributed by atoms with van der Waals surface area (Å²) in [5.74, 6) is 0. The molecule has 1 aliphatic carbocycles. The number of rotatable bonds is 1. The number of pyridine rings is 1. The molecule has 0 aliphatic heterocycles. The van der Waals surface area contributed by atoms with Crippen LogP contribution in [0.25, 0.3) is 5.65 Å². The Morgan fingerprint density at radius 1 is 1.47 bits per heavy atom. The Bertz CT molecular complexity index is 540. The number of hydrogen-bond donors (Lipinski definition) is 1. The van der Waals surface area contributed by atoms with Crippen LogP contribution in [0.1, 0.15) is 24.1 Å². The first kappa shape index (κ1) is 9.36. The van der Waals surface area contributed by atoms with Gasteiger partial charge in [-0.3, -0.25) is 4.40 Å². The molecular weight excluding hydrogens is 254 g/mol. The predicted molar refractivity (Wildman–Crippen MR) is 62.7 cm³/mol. The van der Waals surface area contributed by atoms with Gasteiger partial charge >= 0.3 is 0 Å². The molecule has 1 saturated carbocycles. The van der Waals surface area contributed by atoms with E-state index in [4.69, 9.17) is 5.73 Å². The predicted octanol–water partition coefficient (Wildman–Crippen LogP) is 2.35. The average molecular weight is 266 g/mol. The lowest BCUT2D eigenvalue weighted by Gasteiger charge is -2.09. The fourth-order valence-corrected chi connectivity index (χ4v) is 2.22. The van der Waals surface area contributed by atoms with Crippen molar-refractivity contribution in [3.8, 4) is 0 Å². The highest BCUT2D eigenvalue weighted by Gasteiger charge is 2.40. The van der Waals surface area contributed by atoms with Crippen molar-refractivity contribution in [1.82, 2.24) is 9.38 Å². The standard InChI is InChI=1S/C11H12BrN3/c1-7-10(12)15-6-8(11(13)4-5-11)2-3-9(15)14-7/h2-3,6H,4-5,13H2,1H3. The van der Waals surface area contributed by atoms with E-state index in [0.717, 1.165) is 28.8 Å². The van der Waals surface area contributed by atoms with Crippen molar-refractivity contribution >= 4 is 21.6 Å². The number of imidazole rings is 1. The van der Waals surface area contributed by atoms with Crippen molar-refractivity contribution < 1.29 is 0 Å². The van der Waals surface area contributed by atoms with E-state index in [0.29, 0.717) is 0 Å². The van der Waals surface area contributed by atoms with Crippen molar-refractivity contribution in [2.45, 2.75) is 25.3 Å². The van der Waals surface area contributed by atoms with Gasteiger partial charge in [-0.15, -0.1) is 0 Å². The first-order chi connectivity index (χ1) is 7.10. The number of aromatic nitrogens is 2. The van der Waals surface area contributed by atoms with Crippen LogP contribution in [-0.2, 0) is 5.54 Å². The fourth-order valence-electron chi connectivity index (χ4n) is 1.85. The average Bonchev–Trinajstić information content (AvgIpc) is 2.90. The lowest BCUT2D eigenvalue weighted by Crippen LogP contribution is -2.19. The summed E-state index contributed by atoms with van der Waals surface area (Å²) in [7, 11) is 0. The Kier molecular flexibility index (Phi) is 1.77. The van der Waals surface area contributed by atoms with E-state index in [9.17, 15) is 0 Å². The number of fused-ring (bicyclic) bond motifs is 1. The maximum absolute atomic E-state index is 6.17. The number of halogens is 1. The van der Waals surface area contributed by atoms with Gasteiger partial charge in [0.05, 0.1) is 5.69 Å². The molecule has 3 rings (SSSR count). The van der Waals surface area contributed by atoms with E-state index in [1.54, 1.807) is 0 Å². The normalized spacial score (nSPS) is 18.3. The van der Waals surface area contributed by atoms with Crippen LogP contribution < -0.4 is 5.73 Å². The summed E-state index contributed by atoms with van der Waals surface area (Å²) in [5.41, 5.74) is 9.26. The topological polar surface area (TPSA) is 43.3 Å². The van der Waals surface area contributed by atoms with Crippen LogP contribution in [0.4, 0.5) is 0 Å². The van der Waals surface area contributed by atoms with Crippen LogP contribution in [0, 0.1) is 6.92 Å². The number of hydrogen-bond acceptors (Lipinski definition) is 2. The molecule has 0 amide bonds. The highest BCUT2D eigenvalue weighted by Crippen LogP contribution is 2.42. The van der Waals surface area contributed by atoms with Gasteiger partial charge in [0.2, 0.25) is 0 Å². The van der Waals surface area contributed by atoms with Crippen molar-refractivity contribution in [2.24, 2.45) is 5.73 Å². The minimum absolute atomic E-state index is 0.0776. The van der Waals surface area contributed by atoms with Crippen LogP contribution in [0.3, 0.4) is 0 Å². The summed E-state index contributed by atoms with van der Waals surface area (Å²) < 4.78 is 3.07. The molecule has 0 radical (unpaired) electrons. The maximum Gasteiger partial charge on any atom is 0.137 e. The molecule has 2 aromatic rings. The molecule has 0 atom stereocenters. The molecule has 2 heterocycles. The van der Waals surface area contributed by atoms with Gasteiger partial charge in [-0.2, -0.15) is 0 Å². The quantitative estimate of drug-likeness (QED) is 0.861. The second kappa shape index (κ2) is 2.83. The van der Waals surface area contributed by atoms with Gasteiger partial charge in [-0.1, -0.05) is 6.07 Å². The molecule has 0 unspecified atom stereocenters. The lowest BCUT2D eigenvalue weighted by atomic mass is 10.1. The van der Waals surface area contributed by atoms with Crippen LogP contribution in [0.5, 0.6) is 0 Å². The van der Waals surface area contributed by atoms with Crippen LogP contribution in [0.2, 0.25) is 0 Å². The monoisotopic (exact) mass is 265 g/mol. The van der Waals surface area contributed by atoms with Crippen LogP contribution in [-0.4, -0.2) is 9.38 Å². The second-order valence-electron chi connectivity index (χ2n) is 4.29. The van der Waals surface area contributed by atoms with Gasteiger partial charge in [-0.25, -0.2) is 4.98 Å². The van der Waals surface area contributed by atoms with E-state index in [2.05, 4.69) is 37.6 Å². The zero-order chi connectivity index (χ0) is 10.6. The van der Waals surface area contributed by atoms with Gasteiger partial charge in [-0.05, 0) is 47.3 Å². The van der Waals surface area contributed by atoms with Gasteiger partial charge in [0.1, 0.15) is 10.3 Å². The van der Waals surface area contributed by atoms with E-state index >= 15 is 0 Å². The van der Waals surface area contributed by atoms with Crippen LogP contribution in [0.15, 0.2) is 22.9 Å². The molecular formula is C11H12BrN3. The first-order valence-electron chi connectivity index (χ1n) is 5.04. The van der Waals surface area contributed by atoms with E-state index in [1.165, 1.54) is 5.56 Å². The lowest BCUT2D eigenvalue weighted by molar-refractivity contribution is 0.732. The SMILES string of the molecule is Cc1nc2ccc(C3(N)CC3)cn2c1Br. The Balaban J connectivity index is 2.25. The summed E-state index contributed by atoms with van der Waals surface area (Å²) in [5, 5.41) is 0. The molecule has 1 fully saturated rings. The Morgan fingerprint density at radius 3 is 2.87 bits per heavy atom. The third-order valence-corrected chi connectivity index (χ3v) is 4.04. The van der Waals surface area contributed by atoms with Gasteiger partial charge in [0.15, 0.2) is 0 Å². The molecule has 4 heteroatoms. The number of nitrogens with zero attached hydrogens (tertiary/aromatic N) is 2. The van der Waals surface area contributed by atoms with Crippen molar-refractivity contribution in [3.05, 3.63) is 34.2 Å². The van der Waals surface area contributed by atoms with Crippen molar-refractivity contribution in [3.63, 3.8) is 0 Å². The van der Waals surface area contributed by atoms with Gasteiger partial charge in [0.25, 0.3) is 0 Å². The number of nitrogens with two attached hydrogens (primary N) is 1. The zero-order valence-electron chi connectivity index (χ0n) is 8.50. The third-order valence-electron chi connectivity index (χ3n) is 3.08. The summed E-state index contributed by atoms with van der Waals surface area (Å²) in [6.07, 6.45) is 4.26. The van der Waals surface area contributed by atoms with E-state index < -0.39 is 0 Å². The molecule has 3 nitrogen and oxygen atoms in total. The van der Waals surface area contributed by atoms with E-state index in [-0.39, 0.29) is 5.54 Å². The largest absolute Gasteiger partial charge is 0.321 e. The maximum atomic E-state index is 6.17. The van der Waals surface area contributed by atoms with Crippen LogP contribution >= 0.6 is 15.9 Å². The molecule has 2 N–H and O–H groups in total. The summed E-state index contributed by atoms with van der Waals surface area (Å²) in [6, 6.07) is 4.11. The Hall–Kier alpha value is -0.870. The molecule has 1 aliphatic rings. The van der Waals surface area contributed by atoms with Gasteiger partial charge in [0, 0.05) is 11.7 Å². The smallest absolute Gasteiger partial charge is 0.137 e. The minimum Gasteiger partial charge on any atom is -0.321 e. The molecule has 15 heavy (non-hydrogen) atoms. The minimum atomic E-state index is -0.0776. The molecule has 78 valence electrons. The highest BCUT2D eigenvalue weighted by molar-refractivity contribution is 9.10. The zero-order valence-corrected chi connectivity index (χ0v) is 10.1. The molecule has 0 saturated heterocycles. The Morgan fingerprint density at radius 2 is 2.20 bits per heavy atom. The van der Waals surface area contributed by atoms with E-state index in [1.807, 2.05) is 13.0 Å².